The highest BCUT2D eigenvalue weighted by molar-refractivity contribution is 6.09. The van der Waals surface area contributed by atoms with Crippen LogP contribution in [0.25, 0.3) is 27.4 Å². The molecule has 0 saturated carbocycles. The van der Waals surface area contributed by atoms with Crippen LogP contribution in [-0.2, 0) is 11.3 Å². The third kappa shape index (κ3) is 5.95. The molecule has 0 aliphatic carbocycles. The van der Waals surface area contributed by atoms with E-state index < -0.39 is 0 Å². The molecule has 2 N–H and O–H groups in total. The number of hydrogen-bond donors (Lipinski definition) is 2. The number of rotatable bonds is 9. The molecule has 0 spiro atoms. The van der Waals surface area contributed by atoms with Gasteiger partial charge in [0.25, 0.3) is 0 Å². The number of allylic oxidation sites excluding steroid dienone is 11. The van der Waals surface area contributed by atoms with Crippen LogP contribution in [0.5, 0.6) is 0 Å². The zero-order chi connectivity index (χ0) is 23.6. The normalized spacial score (nSPS) is 13.0. The molecule has 3 aromatic rings. The Morgan fingerprint density at radius 1 is 1.06 bits per heavy atom. The number of benzene rings is 1. The summed E-state index contributed by atoms with van der Waals surface area (Å²) in [4.78, 5) is 20.8. The van der Waals surface area contributed by atoms with E-state index in [1.807, 2.05) is 68.5 Å². The van der Waals surface area contributed by atoms with E-state index in [2.05, 4.69) is 35.6 Å². The molecule has 0 fully saturated rings. The van der Waals surface area contributed by atoms with Gasteiger partial charge in [0.15, 0.2) is 0 Å². The second kappa shape index (κ2) is 11.4. The van der Waals surface area contributed by atoms with E-state index in [4.69, 9.17) is 4.98 Å². The Morgan fingerprint density at radius 2 is 1.85 bits per heavy atom. The Bertz CT molecular complexity index is 1330. The summed E-state index contributed by atoms with van der Waals surface area (Å²) < 4.78 is 0. The van der Waals surface area contributed by atoms with E-state index in [-0.39, 0.29) is 5.91 Å². The fourth-order valence-electron chi connectivity index (χ4n) is 3.47. The van der Waals surface area contributed by atoms with Gasteiger partial charge in [0, 0.05) is 22.4 Å². The maximum absolute atomic E-state index is 12.4. The maximum atomic E-state index is 12.4. The van der Waals surface area contributed by atoms with Crippen LogP contribution in [0.2, 0.25) is 0 Å². The van der Waals surface area contributed by atoms with E-state index in [1.165, 1.54) is 6.08 Å². The van der Waals surface area contributed by atoms with Gasteiger partial charge in [0.2, 0.25) is 5.91 Å². The number of fused-ring (bicyclic) bond motifs is 3. The van der Waals surface area contributed by atoms with Crippen LogP contribution in [0.3, 0.4) is 0 Å². The molecule has 2 aromatic heterocycles. The number of carbonyl (C=O) groups excluding carboxylic acids is 1. The average molecular weight is 436 g/mol. The smallest absolute Gasteiger partial charge is 0.244 e. The van der Waals surface area contributed by atoms with Crippen molar-refractivity contribution in [2.24, 2.45) is 0 Å². The van der Waals surface area contributed by atoms with Crippen LogP contribution < -0.4 is 5.32 Å². The molecule has 33 heavy (non-hydrogen) atoms. The highest BCUT2D eigenvalue weighted by atomic mass is 16.1. The van der Waals surface area contributed by atoms with Gasteiger partial charge < -0.3 is 10.3 Å². The van der Waals surface area contributed by atoms with Gasteiger partial charge in [0.1, 0.15) is 0 Å². The first-order valence-electron chi connectivity index (χ1n) is 10.9. The molecular formula is C29H29N3O. The second-order valence-corrected chi connectivity index (χ2v) is 7.46. The lowest BCUT2D eigenvalue weighted by molar-refractivity contribution is -0.116. The molecule has 166 valence electrons. The number of amides is 1. The predicted molar refractivity (Wildman–Crippen MR) is 141 cm³/mol. The van der Waals surface area contributed by atoms with Crippen LogP contribution in [0.1, 0.15) is 25.2 Å². The number of para-hydroxylation sites is 1. The Hall–Kier alpha value is -4.18. The minimum absolute atomic E-state index is 0.176. The summed E-state index contributed by atoms with van der Waals surface area (Å²) in [6.45, 7) is 11.7. The molecule has 0 aliphatic rings. The van der Waals surface area contributed by atoms with Crippen LogP contribution in [-0.4, -0.2) is 15.9 Å². The predicted octanol–water partition coefficient (Wildman–Crippen LogP) is 6.72. The Balaban J connectivity index is 1.92. The second-order valence-electron chi connectivity index (χ2n) is 7.46. The van der Waals surface area contributed by atoms with Crippen molar-refractivity contribution in [3.05, 3.63) is 121 Å². The summed E-state index contributed by atoms with van der Waals surface area (Å²) in [6.07, 6.45) is 18.2. The van der Waals surface area contributed by atoms with Crippen molar-refractivity contribution in [1.82, 2.24) is 15.3 Å². The van der Waals surface area contributed by atoms with Crippen molar-refractivity contribution < 1.29 is 4.79 Å². The van der Waals surface area contributed by atoms with Crippen molar-refractivity contribution >= 4 is 33.3 Å². The van der Waals surface area contributed by atoms with E-state index in [1.54, 1.807) is 18.2 Å². The number of aromatic nitrogens is 2. The first kappa shape index (κ1) is 23.5. The molecule has 0 bridgehead atoms. The fourth-order valence-corrected chi connectivity index (χ4v) is 3.47. The molecule has 0 unspecified atom stereocenters. The molecule has 0 atom stereocenters. The van der Waals surface area contributed by atoms with E-state index in [0.29, 0.717) is 6.54 Å². The van der Waals surface area contributed by atoms with E-state index >= 15 is 0 Å². The largest absolute Gasteiger partial charge is 0.353 e. The summed E-state index contributed by atoms with van der Waals surface area (Å²) in [6, 6.07) is 10.2. The number of nitrogens with zero attached hydrogens (tertiary/aromatic N) is 1. The van der Waals surface area contributed by atoms with Crippen molar-refractivity contribution in [3.8, 4) is 0 Å². The minimum Gasteiger partial charge on any atom is -0.353 e. The maximum Gasteiger partial charge on any atom is 0.244 e. The van der Waals surface area contributed by atoms with E-state index in [0.717, 1.165) is 44.3 Å². The quantitative estimate of drug-likeness (QED) is 0.289. The van der Waals surface area contributed by atoms with Crippen molar-refractivity contribution in [1.29, 1.82) is 0 Å². The SMILES string of the molecule is C=C/C=C\C=C(/C)c1nc(CNC(=O)/C=C/C(/C=C\C=C)=C/C)cc2c1[nH]c1ccccc12. The standard InChI is InChI=1S/C29H29N3O/c1-5-8-10-13-21(4)28-29-25(24-15-11-12-16-26(24)32-29)19-23(31-28)20-30-27(33)18-17-22(7-3)14-9-6-2/h5-19,32H,1-2,20H2,3-4H3,(H,30,33)/b10-8-,14-9-,18-17+,21-13+,22-7+. The van der Waals surface area contributed by atoms with Gasteiger partial charge in [-0.2, -0.15) is 0 Å². The van der Waals surface area contributed by atoms with Gasteiger partial charge in [-0.1, -0.05) is 80.0 Å². The molecule has 4 heteroatoms. The van der Waals surface area contributed by atoms with Crippen LogP contribution in [0.4, 0.5) is 0 Å². The van der Waals surface area contributed by atoms with Gasteiger partial charge in [0.05, 0.1) is 23.4 Å². The van der Waals surface area contributed by atoms with Gasteiger partial charge in [-0.25, -0.2) is 4.98 Å². The molecule has 1 amide bonds. The van der Waals surface area contributed by atoms with Crippen LogP contribution >= 0.6 is 0 Å². The average Bonchev–Trinajstić information content (AvgIpc) is 3.21. The lowest BCUT2D eigenvalue weighted by Gasteiger charge is -2.08. The summed E-state index contributed by atoms with van der Waals surface area (Å²) in [5.74, 6) is -0.176. The van der Waals surface area contributed by atoms with Crippen LogP contribution in [0.15, 0.2) is 110 Å². The number of aromatic amines is 1. The number of hydrogen-bond acceptors (Lipinski definition) is 2. The molecule has 0 radical (unpaired) electrons. The fraction of sp³-hybridized carbons (Fsp3) is 0.103. The summed E-state index contributed by atoms with van der Waals surface area (Å²) in [7, 11) is 0. The highest BCUT2D eigenvalue weighted by Crippen LogP contribution is 2.30. The zero-order valence-corrected chi connectivity index (χ0v) is 19.1. The molecule has 0 aliphatic heterocycles. The first-order chi connectivity index (χ1) is 16.1. The Morgan fingerprint density at radius 3 is 2.61 bits per heavy atom. The lowest BCUT2D eigenvalue weighted by atomic mass is 10.1. The topological polar surface area (TPSA) is 57.8 Å². The molecule has 3 rings (SSSR count). The zero-order valence-electron chi connectivity index (χ0n) is 19.1. The number of nitrogens with one attached hydrogen (secondary N) is 2. The minimum atomic E-state index is -0.176. The summed E-state index contributed by atoms with van der Waals surface area (Å²) >= 11 is 0. The lowest BCUT2D eigenvalue weighted by Crippen LogP contribution is -2.21. The van der Waals surface area contributed by atoms with Crippen molar-refractivity contribution in [3.63, 3.8) is 0 Å². The van der Waals surface area contributed by atoms with Crippen LogP contribution in [0, 0.1) is 0 Å². The number of H-pyrrole nitrogens is 1. The van der Waals surface area contributed by atoms with Crippen molar-refractivity contribution in [2.75, 3.05) is 0 Å². The van der Waals surface area contributed by atoms with Gasteiger partial charge in [-0.15, -0.1) is 0 Å². The molecule has 1 aromatic carbocycles. The third-order valence-electron chi connectivity index (χ3n) is 5.15. The summed E-state index contributed by atoms with van der Waals surface area (Å²) in [5, 5.41) is 5.16. The molecule has 2 heterocycles. The molecule has 0 saturated heterocycles. The number of pyridine rings is 1. The summed E-state index contributed by atoms with van der Waals surface area (Å²) in [5.41, 5.74) is 5.65. The van der Waals surface area contributed by atoms with Gasteiger partial charge >= 0.3 is 0 Å². The van der Waals surface area contributed by atoms with Gasteiger partial charge in [-0.3, -0.25) is 4.79 Å². The number of carbonyl (C=O) groups is 1. The van der Waals surface area contributed by atoms with Crippen molar-refractivity contribution in [2.45, 2.75) is 20.4 Å². The Kier molecular flexibility index (Phi) is 8.14. The third-order valence-corrected chi connectivity index (χ3v) is 5.15. The first-order valence-corrected chi connectivity index (χ1v) is 10.9. The molecule has 4 nitrogen and oxygen atoms in total. The van der Waals surface area contributed by atoms with Gasteiger partial charge in [-0.05, 0) is 43.2 Å². The molecular weight excluding hydrogens is 406 g/mol. The Labute approximate surface area is 195 Å². The monoisotopic (exact) mass is 435 g/mol. The highest BCUT2D eigenvalue weighted by Gasteiger charge is 2.13. The van der Waals surface area contributed by atoms with E-state index in [9.17, 15) is 4.79 Å².